The highest BCUT2D eigenvalue weighted by Gasteiger charge is 2.25. The van der Waals surface area contributed by atoms with E-state index in [0.717, 1.165) is 30.6 Å². The number of benzene rings is 1. The number of aryl methyl sites for hydroxylation is 1. The van der Waals surface area contributed by atoms with Crippen molar-refractivity contribution in [1.82, 2.24) is 20.4 Å². The van der Waals surface area contributed by atoms with Gasteiger partial charge in [-0.15, -0.1) is 0 Å². The van der Waals surface area contributed by atoms with Crippen molar-refractivity contribution in [3.05, 3.63) is 47.8 Å². The van der Waals surface area contributed by atoms with Gasteiger partial charge in [0.15, 0.2) is 5.96 Å². The van der Waals surface area contributed by atoms with Gasteiger partial charge in [-0.25, -0.2) is 13.8 Å². The second-order valence-electron chi connectivity index (χ2n) is 6.39. The molecule has 0 spiro atoms. The molecule has 1 aliphatic rings. The van der Waals surface area contributed by atoms with Crippen molar-refractivity contribution in [1.29, 1.82) is 0 Å². The predicted molar refractivity (Wildman–Crippen MR) is 98.1 cm³/mol. The van der Waals surface area contributed by atoms with Crippen LogP contribution in [0.4, 0.5) is 14.5 Å². The van der Waals surface area contributed by atoms with Gasteiger partial charge in [0, 0.05) is 50.6 Å². The van der Waals surface area contributed by atoms with Crippen molar-refractivity contribution in [2.75, 3.05) is 24.5 Å². The number of aliphatic imine (C=N–C) groups is 1. The molecule has 0 aliphatic carbocycles. The molecular formula is C18H24F2N6. The maximum absolute atomic E-state index is 14.0. The Labute approximate surface area is 151 Å². The molecule has 2 heterocycles. The first kappa shape index (κ1) is 18.2. The van der Waals surface area contributed by atoms with E-state index < -0.39 is 11.6 Å². The van der Waals surface area contributed by atoms with Crippen molar-refractivity contribution in [3.63, 3.8) is 0 Å². The van der Waals surface area contributed by atoms with Crippen LogP contribution in [0.3, 0.4) is 0 Å². The minimum atomic E-state index is -0.558. The molecule has 1 atom stereocenters. The fraction of sp³-hybridized carbons (Fsp3) is 0.444. The van der Waals surface area contributed by atoms with Crippen molar-refractivity contribution >= 4 is 11.6 Å². The molecule has 3 rings (SSSR count). The highest BCUT2D eigenvalue weighted by molar-refractivity contribution is 5.80. The van der Waals surface area contributed by atoms with Gasteiger partial charge in [0.1, 0.15) is 11.6 Å². The summed E-state index contributed by atoms with van der Waals surface area (Å²) in [6, 6.07) is 3.86. The van der Waals surface area contributed by atoms with Crippen LogP contribution in [-0.2, 0) is 13.6 Å². The van der Waals surface area contributed by atoms with Gasteiger partial charge in [-0.05, 0) is 25.5 Å². The van der Waals surface area contributed by atoms with E-state index in [1.54, 1.807) is 10.9 Å². The molecule has 2 aromatic rings. The van der Waals surface area contributed by atoms with Crippen LogP contribution in [0.2, 0.25) is 0 Å². The van der Waals surface area contributed by atoms with E-state index in [1.807, 2.05) is 25.1 Å². The summed E-state index contributed by atoms with van der Waals surface area (Å²) >= 11 is 0. The van der Waals surface area contributed by atoms with Gasteiger partial charge in [-0.3, -0.25) is 4.68 Å². The lowest BCUT2D eigenvalue weighted by molar-refractivity contribution is 0.580. The number of aromatic nitrogens is 2. The van der Waals surface area contributed by atoms with Gasteiger partial charge in [0.05, 0.1) is 18.4 Å². The van der Waals surface area contributed by atoms with E-state index in [9.17, 15) is 8.78 Å². The number of guanidine groups is 1. The first-order valence-corrected chi connectivity index (χ1v) is 8.77. The van der Waals surface area contributed by atoms with Gasteiger partial charge < -0.3 is 15.5 Å². The Morgan fingerprint density at radius 2 is 2.23 bits per heavy atom. The molecule has 1 saturated heterocycles. The number of anilines is 1. The van der Waals surface area contributed by atoms with Gasteiger partial charge in [-0.2, -0.15) is 5.10 Å². The Hall–Kier alpha value is -2.64. The fourth-order valence-electron chi connectivity index (χ4n) is 3.07. The lowest BCUT2D eigenvalue weighted by atomic mass is 10.2. The van der Waals surface area contributed by atoms with E-state index in [-0.39, 0.29) is 6.04 Å². The van der Waals surface area contributed by atoms with Crippen LogP contribution in [0.25, 0.3) is 0 Å². The highest BCUT2D eigenvalue weighted by Crippen LogP contribution is 2.24. The number of nitrogens with zero attached hydrogens (tertiary/aromatic N) is 4. The average molecular weight is 362 g/mol. The van der Waals surface area contributed by atoms with Gasteiger partial charge in [-0.1, -0.05) is 0 Å². The first-order chi connectivity index (χ1) is 12.5. The molecule has 1 fully saturated rings. The minimum absolute atomic E-state index is 0.145. The largest absolute Gasteiger partial charge is 0.367 e. The van der Waals surface area contributed by atoms with E-state index in [0.29, 0.717) is 25.3 Å². The molecule has 26 heavy (non-hydrogen) atoms. The third-order valence-corrected chi connectivity index (χ3v) is 4.30. The van der Waals surface area contributed by atoms with Crippen molar-refractivity contribution in [2.45, 2.75) is 25.9 Å². The first-order valence-electron chi connectivity index (χ1n) is 8.77. The van der Waals surface area contributed by atoms with Gasteiger partial charge >= 0.3 is 0 Å². The molecule has 1 aromatic heterocycles. The average Bonchev–Trinajstić information content (AvgIpc) is 3.22. The Balaban J connectivity index is 1.61. The third-order valence-electron chi connectivity index (χ3n) is 4.30. The van der Waals surface area contributed by atoms with Crippen LogP contribution >= 0.6 is 0 Å². The fourth-order valence-corrected chi connectivity index (χ4v) is 3.07. The number of nitrogens with one attached hydrogen (secondary N) is 2. The zero-order valence-electron chi connectivity index (χ0n) is 15.0. The van der Waals surface area contributed by atoms with Crippen LogP contribution < -0.4 is 15.5 Å². The van der Waals surface area contributed by atoms with Crippen molar-refractivity contribution in [2.24, 2.45) is 12.0 Å². The lowest BCUT2D eigenvalue weighted by Crippen LogP contribution is -2.44. The number of hydrogen-bond acceptors (Lipinski definition) is 3. The lowest BCUT2D eigenvalue weighted by Gasteiger charge is -2.21. The van der Waals surface area contributed by atoms with Gasteiger partial charge in [0.2, 0.25) is 0 Å². The summed E-state index contributed by atoms with van der Waals surface area (Å²) in [5.74, 6) is -0.359. The van der Waals surface area contributed by atoms with E-state index >= 15 is 0 Å². The summed E-state index contributed by atoms with van der Waals surface area (Å²) in [4.78, 5) is 6.51. The number of halogens is 2. The van der Waals surface area contributed by atoms with Crippen LogP contribution in [-0.4, -0.2) is 41.4 Å². The van der Waals surface area contributed by atoms with Crippen LogP contribution in [0, 0.1) is 11.6 Å². The number of rotatable bonds is 5. The van der Waals surface area contributed by atoms with E-state index in [2.05, 4.69) is 20.7 Å². The molecule has 0 bridgehead atoms. The molecule has 0 radical (unpaired) electrons. The predicted octanol–water partition coefficient (Wildman–Crippen LogP) is 2.03. The molecule has 6 nitrogen and oxygen atoms in total. The second-order valence-corrected chi connectivity index (χ2v) is 6.39. The molecule has 2 N–H and O–H groups in total. The van der Waals surface area contributed by atoms with E-state index in [1.165, 1.54) is 12.1 Å². The summed E-state index contributed by atoms with van der Waals surface area (Å²) in [6.45, 7) is 4.65. The minimum Gasteiger partial charge on any atom is -0.367 e. The SMILES string of the molecule is CCNC(=NCc1cnn(C)c1)NC1CCN(c2ccc(F)cc2F)C1. The topological polar surface area (TPSA) is 57.5 Å². The zero-order valence-corrected chi connectivity index (χ0v) is 15.0. The molecular weight excluding hydrogens is 338 g/mol. The molecule has 1 aromatic carbocycles. The smallest absolute Gasteiger partial charge is 0.191 e. The second kappa shape index (κ2) is 8.16. The molecule has 8 heteroatoms. The summed E-state index contributed by atoms with van der Waals surface area (Å²) in [6.07, 6.45) is 4.58. The van der Waals surface area contributed by atoms with E-state index in [4.69, 9.17) is 0 Å². The number of hydrogen-bond donors (Lipinski definition) is 2. The molecule has 1 aliphatic heterocycles. The molecule has 1 unspecified atom stereocenters. The molecule has 0 amide bonds. The summed E-state index contributed by atoms with van der Waals surface area (Å²) < 4.78 is 28.8. The quantitative estimate of drug-likeness (QED) is 0.631. The summed E-state index contributed by atoms with van der Waals surface area (Å²) in [5.41, 5.74) is 1.47. The monoisotopic (exact) mass is 362 g/mol. The van der Waals surface area contributed by atoms with Crippen LogP contribution in [0.15, 0.2) is 35.6 Å². The third kappa shape index (κ3) is 4.50. The highest BCUT2D eigenvalue weighted by atomic mass is 19.1. The van der Waals surface area contributed by atoms with Gasteiger partial charge in [0.25, 0.3) is 0 Å². The van der Waals surface area contributed by atoms with Crippen LogP contribution in [0.5, 0.6) is 0 Å². The Morgan fingerprint density at radius 1 is 1.38 bits per heavy atom. The van der Waals surface area contributed by atoms with Crippen LogP contribution in [0.1, 0.15) is 18.9 Å². The zero-order chi connectivity index (χ0) is 18.5. The molecule has 140 valence electrons. The maximum Gasteiger partial charge on any atom is 0.191 e. The Morgan fingerprint density at radius 3 is 2.92 bits per heavy atom. The standard InChI is InChI=1S/C18H24F2N6/c1-3-21-18(22-9-13-10-23-25(2)11-13)24-15-6-7-26(12-15)17-5-4-14(19)8-16(17)20/h4-5,8,10-11,15H,3,6-7,9,12H2,1-2H3,(H2,21,22,24). The normalized spacial score (nSPS) is 17.6. The Bertz CT molecular complexity index is 773. The molecule has 0 saturated carbocycles. The van der Waals surface area contributed by atoms with Crippen molar-refractivity contribution in [3.8, 4) is 0 Å². The van der Waals surface area contributed by atoms with Crippen molar-refractivity contribution < 1.29 is 8.78 Å². The summed E-state index contributed by atoms with van der Waals surface area (Å²) in [7, 11) is 1.87. The Kier molecular flexibility index (Phi) is 5.70. The maximum atomic E-state index is 14.0. The summed E-state index contributed by atoms with van der Waals surface area (Å²) in [5, 5.41) is 10.8.